The fraction of sp³-hybridized carbons (Fsp3) is 0.412. The van der Waals surface area contributed by atoms with Gasteiger partial charge in [0.05, 0.1) is 27.8 Å². The summed E-state index contributed by atoms with van der Waals surface area (Å²) in [6.07, 6.45) is 1.85. The van der Waals surface area contributed by atoms with Crippen molar-refractivity contribution in [3.63, 3.8) is 0 Å². The van der Waals surface area contributed by atoms with Crippen LogP contribution in [0.5, 0.6) is 0 Å². The van der Waals surface area contributed by atoms with Crippen LogP contribution in [0.1, 0.15) is 26.7 Å². The van der Waals surface area contributed by atoms with Crippen molar-refractivity contribution in [3.05, 3.63) is 18.2 Å². The topological polar surface area (TPSA) is 143 Å². The molecule has 8 nitrogen and oxygen atoms in total. The number of nitriles is 1. The lowest BCUT2D eigenvalue weighted by molar-refractivity contribution is -0.117. The predicted molar refractivity (Wildman–Crippen MR) is 104 cm³/mol. The summed E-state index contributed by atoms with van der Waals surface area (Å²) in [7, 11) is -3.83. The van der Waals surface area contributed by atoms with Gasteiger partial charge in [-0.15, -0.1) is 0 Å². The molecule has 0 aliphatic rings. The van der Waals surface area contributed by atoms with Crippen molar-refractivity contribution in [1.29, 1.82) is 10.7 Å². The first-order chi connectivity index (χ1) is 12.7. The van der Waals surface area contributed by atoms with Crippen molar-refractivity contribution >= 4 is 44.3 Å². The van der Waals surface area contributed by atoms with Gasteiger partial charge in [-0.05, 0) is 31.5 Å². The summed E-state index contributed by atoms with van der Waals surface area (Å²) in [5.74, 6) is -1.40. The number of unbranched alkanes of at least 4 members (excludes halogenated alkanes) is 1. The van der Waals surface area contributed by atoms with E-state index in [9.17, 15) is 13.2 Å². The van der Waals surface area contributed by atoms with Crippen molar-refractivity contribution in [2.24, 2.45) is 11.1 Å². The number of aromatic nitrogens is 2. The van der Waals surface area contributed by atoms with Crippen molar-refractivity contribution in [3.8, 4) is 6.07 Å². The standard InChI is InChI=1S/C17H21N5O3S2/c1-3-4-7-22-15-6-5-12(27(20,24)25)8-14(15)21-17(22)26-10-16(23)13(9-18)11(2)19/h5-6,8,13,19H,3-4,7,10H2,1-2H3,(H2,20,24,25)/t13-/m1/s1. The molecule has 1 aromatic carbocycles. The first kappa shape index (κ1) is 21.1. The lowest BCUT2D eigenvalue weighted by Gasteiger charge is -2.09. The van der Waals surface area contributed by atoms with Crippen molar-refractivity contribution in [1.82, 2.24) is 9.55 Å². The third-order valence-corrected chi connectivity index (χ3v) is 5.89. The van der Waals surface area contributed by atoms with E-state index in [4.69, 9.17) is 15.8 Å². The van der Waals surface area contributed by atoms with E-state index in [2.05, 4.69) is 11.9 Å². The van der Waals surface area contributed by atoms with Gasteiger partial charge in [-0.2, -0.15) is 5.26 Å². The minimum Gasteiger partial charge on any atom is -0.319 e. The van der Waals surface area contributed by atoms with Gasteiger partial charge in [-0.25, -0.2) is 18.5 Å². The van der Waals surface area contributed by atoms with E-state index in [0.717, 1.165) is 18.4 Å². The third-order valence-electron chi connectivity index (χ3n) is 3.98. The van der Waals surface area contributed by atoms with Crippen LogP contribution in [0.3, 0.4) is 0 Å². The van der Waals surface area contributed by atoms with Crippen molar-refractivity contribution in [2.45, 2.75) is 43.3 Å². The Morgan fingerprint density at radius 2 is 2.19 bits per heavy atom. The Balaban J connectivity index is 2.37. The zero-order chi connectivity index (χ0) is 20.2. The number of imidazole rings is 1. The molecule has 0 aliphatic carbocycles. The molecule has 1 atom stereocenters. The first-order valence-electron chi connectivity index (χ1n) is 8.32. The largest absolute Gasteiger partial charge is 0.319 e. The van der Waals surface area contributed by atoms with E-state index in [1.165, 1.54) is 30.8 Å². The van der Waals surface area contributed by atoms with Crippen LogP contribution in [0.15, 0.2) is 28.3 Å². The van der Waals surface area contributed by atoms with Crippen LogP contribution in [0.4, 0.5) is 0 Å². The molecular weight excluding hydrogens is 386 g/mol. The Bertz CT molecular complexity index is 1020. The van der Waals surface area contributed by atoms with Gasteiger partial charge in [0.1, 0.15) is 5.92 Å². The number of sulfonamides is 1. The molecule has 0 saturated heterocycles. The van der Waals surface area contributed by atoms with Crippen molar-refractivity contribution < 1.29 is 13.2 Å². The third kappa shape index (κ3) is 4.94. The smallest absolute Gasteiger partial charge is 0.238 e. The molecule has 1 aromatic heterocycles. The Morgan fingerprint density at radius 1 is 1.48 bits per heavy atom. The summed E-state index contributed by atoms with van der Waals surface area (Å²) in [6.45, 7) is 4.16. The van der Waals surface area contributed by atoms with Crippen LogP contribution in [-0.2, 0) is 21.4 Å². The second-order valence-corrected chi connectivity index (χ2v) is 8.60. The van der Waals surface area contributed by atoms with E-state index in [0.29, 0.717) is 17.2 Å². The van der Waals surface area contributed by atoms with Crippen LogP contribution in [0.25, 0.3) is 11.0 Å². The zero-order valence-corrected chi connectivity index (χ0v) is 16.7. The van der Waals surface area contributed by atoms with E-state index in [-0.39, 0.29) is 22.1 Å². The Morgan fingerprint density at radius 3 is 2.74 bits per heavy atom. The second-order valence-electron chi connectivity index (χ2n) is 6.10. The number of nitrogens with one attached hydrogen (secondary N) is 1. The fourth-order valence-corrected chi connectivity index (χ4v) is 4.02. The highest BCUT2D eigenvalue weighted by Crippen LogP contribution is 2.27. The summed E-state index contributed by atoms with van der Waals surface area (Å²) in [4.78, 5) is 16.6. The quantitative estimate of drug-likeness (QED) is 0.482. The number of ketones is 1. The number of thioether (sulfide) groups is 1. The Labute approximate surface area is 162 Å². The van der Waals surface area contributed by atoms with Gasteiger partial charge in [-0.3, -0.25) is 4.79 Å². The van der Waals surface area contributed by atoms with Gasteiger partial charge >= 0.3 is 0 Å². The SMILES string of the molecule is CCCCn1c(SCC(=O)[C@H](C#N)C(C)=N)nc2cc(S(N)(=O)=O)ccc21. The molecule has 0 amide bonds. The number of aryl methyl sites for hydroxylation is 1. The van der Waals surface area contributed by atoms with E-state index >= 15 is 0 Å². The normalized spacial score (nSPS) is 12.7. The van der Waals surface area contributed by atoms with E-state index in [1.54, 1.807) is 6.07 Å². The molecule has 1 heterocycles. The Kier molecular flexibility index (Phi) is 6.75. The molecular formula is C17H21N5O3S2. The maximum Gasteiger partial charge on any atom is 0.238 e. The number of carbonyl (C=O) groups is 1. The highest BCUT2D eigenvalue weighted by molar-refractivity contribution is 7.99. The second kappa shape index (κ2) is 8.65. The molecule has 27 heavy (non-hydrogen) atoms. The molecule has 10 heteroatoms. The van der Waals surface area contributed by atoms with Gasteiger partial charge in [0.25, 0.3) is 0 Å². The van der Waals surface area contributed by atoms with Crippen molar-refractivity contribution in [2.75, 3.05) is 5.75 Å². The summed E-state index contributed by atoms with van der Waals surface area (Å²) < 4.78 is 25.1. The summed E-state index contributed by atoms with van der Waals surface area (Å²) in [5, 5.41) is 22.3. The van der Waals surface area contributed by atoms with Gasteiger partial charge in [0, 0.05) is 12.3 Å². The molecule has 2 rings (SSSR count). The van der Waals surface area contributed by atoms with Crippen LogP contribution in [0, 0.1) is 22.7 Å². The lowest BCUT2D eigenvalue weighted by Crippen LogP contribution is -2.21. The molecule has 2 aromatic rings. The number of hydrogen-bond acceptors (Lipinski definition) is 7. The number of primary sulfonamides is 1. The summed E-state index contributed by atoms with van der Waals surface area (Å²) >= 11 is 1.18. The number of Topliss-reactive ketones (excluding diaryl/α,β-unsaturated/α-hetero) is 1. The summed E-state index contributed by atoms with van der Waals surface area (Å²) in [5.41, 5.74) is 1.25. The first-order valence-corrected chi connectivity index (χ1v) is 10.9. The molecule has 0 spiro atoms. The molecule has 0 unspecified atom stereocenters. The number of rotatable bonds is 9. The van der Waals surface area contributed by atoms with Crippen LogP contribution in [0.2, 0.25) is 0 Å². The average Bonchev–Trinajstić information content (AvgIpc) is 2.94. The maximum atomic E-state index is 12.2. The fourth-order valence-electron chi connectivity index (χ4n) is 2.54. The van der Waals surface area contributed by atoms with Gasteiger partial charge in [0.2, 0.25) is 10.0 Å². The molecule has 0 saturated carbocycles. The number of carbonyl (C=O) groups excluding carboxylic acids is 1. The van der Waals surface area contributed by atoms with Gasteiger partial charge in [0.15, 0.2) is 10.9 Å². The number of hydrogen-bond donors (Lipinski definition) is 2. The minimum atomic E-state index is -3.83. The van der Waals surface area contributed by atoms with E-state index < -0.39 is 15.9 Å². The Hall–Kier alpha value is -2.22. The minimum absolute atomic E-state index is 0.00589. The molecule has 0 fully saturated rings. The van der Waals surface area contributed by atoms with Crippen LogP contribution in [-0.4, -0.2) is 35.2 Å². The molecule has 0 aliphatic heterocycles. The summed E-state index contributed by atoms with van der Waals surface area (Å²) in [6, 6.07) is 6.35. The molecule has 0 radical (unpaired) electrons. The number of nitrogens with two attached hydrogens (primary N) is 1. The number of benzene rings is 1. The number of nitrogens with zero attached hydrogens (tertiary/aromatic N) is 3. The molecule has 0 bridgehead atoms. The zero-order valence-electron chi connectivity index (χ0n) is 15.1. The highest BCUT2D eigenvalue weighted by Gasteiger charge is 2.22. The van der Waals surface area contributed by atoms with Crippen LogP contribution >= 0.6 is 11.8 Å². The predicted octanol–water partition coefficient (Wildman–Crippen LogP) is 2.32. The van der Waals surface area contributed by atoms with Crippen LogP contribution < -0.4 is 5.14 Å². The molecule has 144 valence electrons. The van der Waals surface area contributed by atoms with Gasteiger partial charge in [-0.1, -0.05) is 25.1 Å². The monoisotopic (exact) mass is 407 g/mol. The average molecular weight is 408 g/mol. The lowest BCUT2D eigenvalue weighted by atomic mass is 10.0. The van der Waals surface area contributed by atoms with Gasteiger partial charge < -0.3 is 9.98 Å². The highest BCUT2D eigenvalue weighted by atomic mass is 32.2. The number of fused-ring (bicyclic) bond motifs is 1. The molecule has 3 N–H and O–H groups in total. The van der Waals surface area contributed by atoms with E-state index in [1.807, 2.05) is 10.6 Å². The maximum absolute atomic E-state index is 12.2.